The maximum atomic E-state index is 10.9. The fourth-order valence-electron chi connectivity index (χ4n) is 2.29. The Labute approximate surface area is 101 Å². The molecule has 17 heavy (non-hydrogen) atoms. The number of carboxylic acid groups (broad SMARTS) is 1. The molecule has 0 amide bonds. The molecular weight excluding hydrogens is 212 g/mol. The lowest BCUT2D eigenvalue weighted by molar-refractivity contribution is -0.137. The fourth-order valence-corrected chi connectivity index (χ4v) is 2.29. The second kappa shape index (κ2) is 5.00. The number of carboxylic acids is 1. The van der Waals surface area contributed by atoms with Gasteiger partial charge in [0.1, 0.15) is 0 Å². The Bertz CT molecular complexity index is 526. The zero-order valence-electron chi connectivity index (χ0n) is 9.89. The van der Waals surface area contributed by atoms with Gasteiger partial charge in [0.05, 0.1) is 6.42 Å². The molecule has 88 valence electrons. The van der Waals surface area contributed by atoms with E-state index in [9.17, 15) is 4.79 Å². The monoisotopic (exact) mass is 228 g/mol. The lowest BCUT2D eigenvalue weighted by atomic mass is 9.89. The van der Waals surface area contributed by atoms with Crippen LogP contribution in [0.1, 0.15) is 31.2 Å². The average molecular weight is 228 g/mol. The molecule has 0 bridgehead atoms. The lowest BCUT2D eigenvalue weighted by Gasteiger charge is -2.15. The van der Waals surface area contributed by atoms with Gasteiger partial charge in [-0.15, -0.1) is 0 Å². The molecule has 0 saturated heterocycles. The SMILES string of the molecule is CCC(CC(=O)O)c1cccc2ccccc12. The predicted octanol–water partition coefficient (Wildman–Crippen LogP) is 3.81. The molecule has 0 aliphatic heterocycles. The molecule has 1 atom stereocenters. The van der Waals surface area contributed by atoms with E-state index in [4.69, 9.17) is 5.11 Å². The maximum absolute atomic E-state index is 10.9. The Kier molecular flexibility index (Phi) is 3.43. The third kappa shape index (κ3) is 2.47. The number of hydrogen-bond acceptors (Lipinski definition) is 1. The zero-order valence-corrected chi connectivity index (χ0v) is 9.89. The number of carbonyl (C=O) groups is 1. The Morgan fingerprint density at radius 1 is 1.18 bits per heavy atom. The minimum absolute atomic E-state index is 0.0959. The van der Waals surface area contributed by atoms with Gasteiger partial charge in [0.2, 0.25) is 0 Å². The van der Waals surface area contributed by atoms with Crippen LogP contribution in [0.25, 0.3) is 10.8 Å². The molecule has 2 heteroatoms. The number of rotatable bonds is 4. The van der Waals surface area contributed by atoms with Crippen molar-refractivity contribution in [3.05, 3.63) is 48.0 Å². The Morgan fingerprint density at radius 2 is 1.88 bits per heavy atom. The second-order valence-electron chi connectivity index (χ2n) is 4.27. The van der Waals surface area contributed by atoms with Gasteiger partial charge in [0.25, 0.3) is 0 Å². The fraction of sp³-hybridized carbons (Fsp3) is 0.267. The molecule has 0 aromatic heterocycles. The standard InChI is InChI=1S/C15H16O2/c1-2-11(10-15(16)17)13-9-5-7-12-6-3-4-8-14(12)13/h3-9,11H,2,10H2,1H3,(H,16,17). The van der Waals surface area contributed by atoms with Crippen LogP contribution in [0, 0.1) is 0 Å². The topological polar surface area (TPSA) is 37.3 Å². The van der Waals surface area contributed by atoms with Gasteiger partial charge in [0.15, 0.2) is 0 Å². The first-order chi connectivity index (χ1) is 8.22. The van der Waals surface area contributed by atoms with Gasteiger partial charge in [-0.2, -0.15) is 0 Å². The zero-order chi connectivity index (χ0) is 12.3. The molecule has 2 nitrogen and oxygen atoms in total. The van der Waals surface area contributed by atoms with Crippen molar-refractivity contribution < 1.29 is 9.90 Å². The van der Waals surface area contributed by atoms with E-state index in [1.54, 1.807) is 0 Å². The summed E-state index contributed by atoms with van der Waals surface area (Å²) in [5.41, 5.74) is 1.15. The molecular formula is C15H16O2. The van der Waals surface area contributed by atoms with E-state index in [1.165, 1.54) is 10.8 Å². The van der Waals surface area contributed by atoms with Crippen LogP contribution in [0.3, 0.4) is 0 Å². The smallest absolute Gasteiger partial charge is 0.303 e. The predicted molar refractivity (Wildman–Crippen MR) is 69.2 cm³/mol. The summed E-state index contributed by atoms with van der Waals surface area (Å²) in [5.74, 6) is -0.636. The van der Waals surface area contributed by atoms with Crippen molar-refractivity contribution in [1.82, 2.24) is 0 Å². The summed E-state index contributed by atoms with van der Waals surface area (Å²) in [6.45, 7) is 2.04. The summed E-state index contributed by atoms with van der Waals surface area (Å²) >= 11 is 0. The van der Waals surface area contributed by atoms with Gasteiger partial charge in [-0.3, -0.25) is 4.79 Å². The second-order valence-corrected chi connectivity index (χ2v) is 4.27. The van der Waals surface area contributed by atoms with Crippen LogP contribution in [0.5, 0.6) is 0 Å². The van der Waals surface area contributed by atoms with E-state index >= 15 is 0 Å². The van der Waals surface area contributed by atoms with E-state index in [-0.39, 0.29) is 12.3 Å². The first-order valence-corrected chi connectivity index (χ1v) is 5.91. The van der Waals surface area contributed by atoms with Crippen LogP contribution in [0.2, 0.25) is 0 Å². The molecule has 0 fully saturated rings. The Balaban J connectivity index is 2.49. The van der Waals surface area contributed by atoms with E-state index in [0.717, 1.165) is 12.0 Å². The molecule has 2 aromatic rings. The summed E-state index contributed by atoms with van der Waals surface area (Å²) in [5, 5.41) is 11.3. The number of fused-ring (bicyclic) bond motifs is 1. The van der Waals surface area contributed by atoms with Crippen LogP contribution in [-0.4, -0.2) is 11.1 Å². The Hall–Kier alpha value is -1.83. The van der Waals surface area contributed by atoms with Crippen molar-refractivity contribution in [2.45, 2.75) is 25.7 Å². The van der Waals surface area contributed by atoms with E-state index in [2.05, 4.69) is 18.2 Å². The molecule has 1 N–H and O–H groups in total. The van der Waals surface area contributed by atoms with Gasteiger partial charge < -0.3 is 5.11 Å². The van der Waals surface area contributed by atoms with Crippen LogP contribution in [0.4, 0.5) is 0 Å². The molecule has 0 heterocycles. The van der Waals surface area contributed by atoms with Crippen molar-refractivity contribution >= 4 is 16.7 Å². The van der Waals surface area contributed by atoms with Gasteiger partial charge in [0, 0.05) is 0 Å². The number of aliphatic carboxylic acids is 1. The summed E-state index contributed by atoms with van der Waals surface area (Å²) in [6.07, 6.45) is 1.05. The average Bonchev–Trinajstić information content (AvgIpc) is 2.35. The highest BCUT2D eigenvalue weighted by molar-refractivity contribution is 5.86. The Morgan fingerprint density at radius 3 is 2.59 bits per heavy atom. The van der Waals surface area contributed by atoms with Crippen LogP contribution in [-0.2, 0) is 4.79 Å². The molecule has 2 aromatic carbocycles. The molecule has 2 rings (SSSR count). The van der Waals surface area contributed by atoms with Crippen molar-refractivity contribution in [2.24, 2.45) is 0 Å². The van der Waals surface area contributed by atoms with Gasteiger partial charge in [-0.1, -0.05) is 49.4 Å². The first kappa shape index (κ1) is 11.6. The largest absolute Gasteiger partial charge is 0.481 e. The molecule has 0 aliphatic rings. The lowest BCUT2D eigenvalue weighted by Crippen LogP contribution is -2.05. The third-order valence-corrected chi connectivity index (χ3v) is 3.18. The van der Waals surface area contributed by atoms with Gasteiger partial charge >= 0.3 is 5.97 Å². The molecule has 1 unspecified atom stereocenters. The summed E-state index contributed by atoms with van der Waals surface area (Å²) < 4.78 is 0. The van der Waals surface area contributed by atoms with Crippen molar-refractivity contribution in [3.63, 3.8) is 0 Å². The van der Waals surface area contributed by atoms with E-state index in [1.807, 2.05) is 31.2 Å². The van der Waals surface area contributed by atoms with Gasteiger partial charge in [-0.05, 0) is 28.7 Å². The van der Waals surface area contributed by atoms with Crippen molar-refractivity contribution in [1.29, 1.82) is 0 Å². The molecule has 0 radical (unpaired) electrons. The minimum atomic E-state index is -0.732. The van der Waals surface area contributed by atoms with E-state index < -0.39 is 5.97 Å². The minimum Gasteiger partial charge on any atom is -0.481 e. The molecule has 0 spiro atoms. The molecule has 0 saturated carbocycles. The highest BCUT2D eigenvalue weighted by Gasteiger charge is 2.15. The molecule has 0 aliphatic carbocycles. The van der Waals surface area contributed by atoms with Crippen LogP contribution >= 0.6 is 0 Å². The normalized spacial score (nSPS) is 12.5. The van der Waals surface area contributed by atoms with Crippen LogP contribution < -0.4 is 0 Å². The van der Waals surface area contributed by atoms with Crippen molar-refractivity contribution in [2.75, 3.05) is 0 Å². The van der Waals surface area contributed by atoms with Crippen molar-refractivity contribution in [3.8, 4) is 0 Å². The maximum Gasteiger partial charge on any atom is 0.303 e. The summed E-state index contributed by atoms with van der Waals surface area (Å²) in [7, 11) is 0. The van der Waals surface area contributed by atoms with Crippen LogP contribution in [0.15, 0.2) is 42.5 Å². The number of benzene rings is 2. The first-order valence-electron chi connectivity index (χ1n) is 5.91. The third-order valence-electron chi connectivity index (χ3n) is 3.18. The quantitative estimate of drug-likeness (QED) is 0.864. The summed E-state index contributed by atoms with van der Waals surface area (Å²) in [6, 6.07) is 14.2. The number of hydrogen-bond donors (Lipinski definition) is 1. The highest BCUT2D eigenvalue weighted by Crippen LogP contribution is 2.30. The van der Waals surface area contributed by atoms with E-state index in [0.29, 0.717) is 0 Å². The van der Waals surface area contributed by atoms with Gasteiger partial charge in [-0.25, -0.2) is 0 Å². The highest BCUT2D eigenvalue weighted by atomic mass is 16.4. The summed E-state index contributed by atoms with van der Waals surface area (Å²) in [4.78, 5) is 10.9.